The van der Waals surface area contributed by atoms with E-state index in [0.29, 0.717) is 6.04 Å². The fourth-order valence-electron chi connectivity index (χ4n) is 4.14. The number of piperidine rings is 2. The molecule has 0 bridgehead atoms. The quantitative estimate of drug-likeness (QED) is 0.928. The Morgan fingerprint density at radius 1 is 1.13 bits per heavy atom. The van der Waals surface area contributed by atoms with E-state index >= 15 is 0 Å². The summed E-state index contributed by atoms with van der Waals surface area (Å²) in [6.07, 6.45) is 4.69. The SMILES string of the molecule is CC(=O)N1CCC(N2CCC[C@H](O)[C@@H]2Cc2ccccc2)CC1. The Morgan fingerprint density at radius 2 is 1.83 bits per heavy atom. The molecule has 126 valence electrons. The molecule has 1 amide bonds. The molecule has 23 heavy (non-hydrogen) atoms. The van der Waals surface area contributed by atoms with Crippen molar-refractivity contribution in [2.45, 2.75) is 57.2 Å². The number of benzene rings is 1. The number of nitrogens with zero attached hydrogens (tertiary/aromatic N) is 2. The van der Waals surface area contributed by atoms with Gasteiger partial charge in [-0.25, -0.2) is 0 Å². The molecule has 0 aromatic heterocycles. The molecule has 1 aromatic carbocycles. The lowest BCUT2D eigenvalue weighted by Gasteiger charge is -2.46. The van der Waals surface area contributed by atoms with E-state index in [4.69, 9.17) is 0 Å². The number of amides is 1. The topological polar surface area (TPSA) is 43.8 Å². The zero-order valence-electron chi connectivity index (χ0n) is 14.0. The van der Waals surface area contributed by atoms with Crippen LogP contribution in [0.25, 0.3) is 0 Å². The van der Waals surface area contributed by atoms with Crippen LogP contribution in [0.2, 0.25) is 0 Å². The summed E-state index contributed by atoms with van der Waals surface area (Å²) >= 11 is 0. The summed E-state index contributed by atoms with van der Waals surface area (Å²) in [5, 5.41) is 10.6. The Kier molecular flexibility index (Phi) is 5.34. The van der Waals surface area contributed by atoms with Crippen molar-refractivity contribution in [1.29, 1.82) is 0 Å². The zero-order chi connectivity index (χ0) is 16.2. The molecule has 2 heterocycles. The lowest BCUT2D eigenvalue weighted by atomic mass is 9.89. The molecule has 0 saturated carbocycles. The van der Waals surface area contributed by atoms with Crippen molar-refractivity contribution in [2.75, 3.05) is 19.6 Å². The van der Waals surface area contributed by atoms with Gasteiger partial charge >= 0.3 is 0 Å². The number of likely N-dealkylation sites (tertiary alicyclic amines) is 2. The summed E-state index contributed by atoms with van der Waals surface area (Å²) in [7, 11) is 0. The lowest BCUT2D eigenvalue weighted by molar-refractivity contribution is -0.131. The first-order chi connectivity index (χ1) is 11.1. The minimum absolute atomic E-state index is 0.183. The van der Waals surface area contributed by atoms with Crippen molar-refractivity contribution < 1.29 is 9.90 Å². The van der Waals surface area contributed by atoms with Crippen molar-refractivity contribution >= 4 is 5.91 Å². The molecule has 3 rings (SSSR count). The number of aliphatic hydroxyl groups excluding tert-OH is 1. The molecule has 2 fully saturated rings. The zero-order valence-corrected chi connectivity index (χ0v) is 14.0. The first-order valence-corrected chi connectivity index (χ1v) is 8.88. The maximum absolute atomic E-state index is 11.5. The van der Waals surface area contributed by atoms with Gasteiger partial charge in [0.25, 0.3) is 0 Å². The van der Waals surface area contributed by atoms with Gasteiger partial charge in [-0.2, -0.15) is 0 Å². The van der Waals surface area contributed by atoms with E-state index in [9.17, 15) is 9.90 Å². The largest absolute Gasteiger partial charge is 0.391 e. The Labute approximate surface area is 139 Å². The molecule has 0 unspecified atom stereocenters. The third kappa shape index (κ3) is 3.93. The Balaban J connectivity index is 1.67. The van der Waals surface area contributed by atoms with E-state index in [1.165, 1.54) is 5.56 Å². The second-order valence-corrected chi connectivity index (χ2v) is 6.94. The highest BCUT2D eigenvalue weighted by Crippen LogP contribution is 2.27. The van der Waals surface area contributed by atoms with Crippen molar-refractivity contribution in [3.8, 4) is 0 Å². The molecule has 0 spiro atoms. The van der Waals surface area contributed by atoms with Crippen LogP contribution in [0.15, 0.2) is 30.3 Å². The van der Waals surface area contributed by atoms with Crippen molar-refractivity contribution in [2.24, 2.45) is 0 Å². The summed E-state index contributed by atoms with van der Waals surface area (Å²) in [6.45, 7) is 4.43. The number of hydrogen-bond donors (Lipinski definition) is 1. The molecule has 1 N–H and O–H groups in total. The lowest BCUT2D eigenvalue weighted by Crippen LogP contribution is -2.56. The highest BCUT2D eigenvalue weighted by atomic mass is 16.3. The summed E-state index contributed by atoms with van der Waals surface area (Å²) < 4.78 is 0. The number of carbonyl (C=O) groups is 1. The van der Waals surface area contributed by atoms with Crippen LogP contribution in [-0.2, 0) is 11.2 Å². The Morgan fingerprint density at radius 3 is 2.48 bits per heavy atom. The van der Waals surface area contributed by atoms with Gasteiger partial charge in [-0.3, -0.25) is 9.69 Å². The van der Waals surface area contributed by atoms with Crippen LogP contribution in [0, 0.1) is 0 Å². The molecule has 1 aromatic rings. The minimum Gasteiger partial charge on any atom is -0.391 e. The summed E-state index contributed by atoms with van der Waals surface area (Å²) in [6, 6.07) is 11.2. The van der Waals surface area contributed by atoms with Gasteiger partial charge in [0.15, 0.2) is 0 Å². The van der Waals surface area contributed by atoms with Gasteiger partial charge in [-0.05, 0) is 44.2 Å². The number of rotatable bonds is 3. The normalized spacial score (nSPS) is 27.1. The summed E-state index contributed by atoms with van der Waals surface area (Å²) in [5.74, 6) is 0.183. The van der Waals surface area contributed by atoms with E-state index in [2.05, 4.69) is 29.2 Å². The predicted octanol–water partition coefficient (Wildman–Crippen LogP) is 2.07. The first-order valence-electron chi connectivity index (χ1n) is 8.88. The van der Waals surface area contributed by atoms with Gasteiger partial charge in [-0.1, -0.05) is 30.3 Å². The van der Waals surface area contributed by atoms with Crippen LogP contribution in [0.4, 0.5) is 0 Å². The highest BCUT2D eigenvalue weighted by Gasteiger charge is 2.36. The second kappa shape index (κ2) is 7.45. The van der Waals surface area contributed by atoms with E-state index in [0.717, 1.165) is 51.7 Å². The molecule has 0 aliphatic carbocycles. The van der Waals surface area contributed by atoms with Crippen LogP contribution in [0.3, 0.4) is 0 Å². The fourth-order valence-corrected chi connectivity index (χ4v) is 4.14. The third-order valence-corrected chi connectivity index (χ3v) is 5.45. The summed E-state index contributed by atoms with van der Waals surface area (Å²) in [4.78, 5) is 16.0. The fraction of sp³-hybridized carbons (Fsp3) is 0.632. The van der Waals surface area contributed by atoms with Crippen molar-refractivity contribution in [3.63, 3.8) is 0 Å². The minimum atomic E-state index is -0.241. The molecule has 2 aliphatic rings. The van der Waals surface area contributed by atoms with Crippen molar-refractivity contribution in [3.05, 3.63) is 35.9 Å². The molecule has 0 radical (unpaired) electrons. The van der Waals surface area contributed by atoms with Crippen LogP contribution in [-0.4, -0.2) is 58.6 Å². The molecular weight excluding hydrogens is 288 g/mol. The predicted molar refractivity (Wildman–Crippen MR) is 91.2 cm³/mol. The summed E-state index contributed by atoms with van der Waals surface area (Å²) in [5.41, 5.74) is 1.30. The van der Waals surface area contributed by atoms with Gasteiger partial charge < -0.3 is 10.0 Å². The second-order valence-electron chi connectivity index (χ2n) is 6.94. The van der Waals surface area contributed by atoms with Crippen LogP contribution < -0.4 is 0 Å². The van der Waals surface area contributed by atoms with Crippen LogP contribution in [0.1, 0.15) is 38.2 Å². The maximum Gasteiger partial charge on any atom is 0.219 e. The molecule has 4 nitrogen and oxygen atoms in total. The monoisotopic (exact) mass is 316 g/mol. The average molecular weight is 316 g/mol. The van der Waals surface area contributed by atoms with E-state index in [-0.39, 0.29) is 18.1 Å². The maximum atomic E-state index is 11.5. The van der Waals surface area contributed by atoms with E-state index in [1.54, 1.807) is 6.92 Å². The van der Waals surface area contributed by atoms with Gasteiger partial charge in [-0.15, -0.1) is 0 Å². The van der Waals surface area contributed by atoms with E-state index in [1.807, 2.05) is 11.0 Å². The van der Waals surface area contributed by atoms with Gasteiger partial charge in [0.1, 0.15) is 0 Å². The van der Waals surface area contributed by atoms with Gasteiger partial charge in [0, 0.05) is 32.1 Å². The first kappa shape index (κ1) is 16.5. The van der Waals surface area contributed by atoms with E-state index < -0.39 is 0 Å². The Hall–Kier alpha value is -1.39. The third-order valence-electron chi connectivity index (χ3n) is 5.45. The standard InChI is InChI=1S/C19H28N2O2/c1-15(22)20-12-9-17(10-13-20)21-11-5-8-19(23)18(21)14-16-6-3-2-4-7-16/h2-4,6-7,17-19,23H,5,8-14H2,1H3/t18-,19-/m0/s1. The van der Waals surface area contributed by atoms with Crippen LogP contribution >= 0.6 is 0 Å². The average Bonchev–Trinajstić information content (AvgIpc) is 2.58. The molecule has 2 atom stereocenters. The molecular formula is C19H28N2O2. The Bertz CT molecular complexity index is 511. The highest BCUT2D eigenvalue weighted by molar-refractivity contribution is 5.73. The van der Waals surface area contributed by atoms with Gasteiger partial charge in [0.2, 0.25) is 5.91 Å². The molecule has 2 aliphatic heterocycles. The number of aliphatic hydroxyl groups is 1. The number of carbonyl (C=O) groups excluding carboxylic acids is 1. The number of hydrogen-bond acceptors (Lipinski definition) is 3. The molecule has 4 heteroatoms. The van der Waals surface area contributed by atoms with Gasteiger partial charge in [0.05, 0.1) is 6.10 Å². The van der Waals surface area contributed by atoms with Crippen LogP contribution in [0.5, 0.6) is 0 Å². The van der Waals surface area contributed by atoms with Crippen molar-refractivity contribution in [1.82, 2.24) is 9.80 Å². The molecule has 2 saturated heterocycles. The smallest absolute Gasteiger partial charge is 0.219 e.